The molecule has 0 bridgehead atoms. The molecule has 2 aromatic rings. The molecule has 10 nitrogen and oxygen atoms in total. The fourth-order valence-electron chi connectivity index (χ4n) is 3.48. The molecule has 1 saturated heterocycles. The van der Waals surface area contributed by atoms with Crippen molar-refractivity contribution in [1.29, 1.82) is 0 Å². The second kappa shape index (κ2) is 8.26. The van der Waals surface area contributed by atoms with E-state index in [0.717, 1.165) is 12.8 Å². The minimum Gasteiger partial charge on any atom is -0.444 e. The zero-order valence-corrected chi connectivity index (χ0v) is 18.0. The molecule has 1 amide bonds. The van der Waals surface area contributed by atoms with Crippen LogP contribution in [0.15, 0.2) is 9.59 Å². The second-order valence-electron chi connectivity index (χ2n) is 8.41. The number of imidazole rings is 1. The average molecular weight is 416 g/mol. The van der Waals surface area contributed by atoms with Gasteiger partial charge in [0, 0.05) is 19.1 Å². The number of hydrogen-bond donors (Lipinski definition) is 2. The zero-order chi connectivity index (χ0) is 22.1. The largest absolute Gasteiger partial charge is 0.444 e. The van der Waals surface area contributed by atoms with Crippen LogP contribution in [0.25, 0.3) is 11.2 Å². The highest BCUT2D eigenvalue weighted by atomic mass is 16.6. The number of alkyl carbamates (subject to hydrolysis) is 1. The number of aromatic amines is 1. The number of carbonyl (C=O) groups excluding carboxylic acids is 1. The lowest BCUT2D eigenvalue weighted by molar-refractivity contribution is 0.0823. The van der Waals surface area contributed by atoms with Gasteiger partial charge in [0.1, 0.15) is 6.10 Å². The molecule has 3 heterocycles. The number of piperidine rings is 1. The van der Waals surface area contributed by atoms with Crippen molar-refractivity contribution in [2.24, 2.45) is 7.05 Å². The standard InChI is InChI=1S/C20H28N6O4/c1-6-7-11-26-14-15(24(5)18(28)22-16(14)27)21-17(26)25-10-8-9-13(12-25)30-19(29)23-20(2,3)4/h13H,8-12H2,1-5H3,(H,23,29)(H,22,27,28)/t13-/m1/s1. The van der Waals surface area contributed by atoms with E-state index in [0.29, 0.717) is 30.2 Å². The minimum absolute atomic E-state index is 0.260. The fourth-order valence-corrected chi connectivity index (χ4v) is 3.48. The highest BCUT2D eigenvalue weighted by Gasteiger charge is 2.29. The van der Waals surface area contributed by atoms with Gasteiger partial charge in [0.25, 0.3) is 5.56 Å². The molecule has 30 heavy (non-hydrogen) atoms. The van der Waals surface area contributed by atoms with Crippen molar-refractivity contribution in [2.45, 2.75) is 58.7 Å². The number of fused-ring (bicyclic) bond motifs is 1. The van der Waals surface area contributed by atoms with E-state index in [1.165, 1.54) is 4.57 Å². The summed E-state index contributed by atoms with van der Waals surface area (Å²) in [5.41, 5.74) is -0.819. The number of anilines is 1. The Labute approximate surface area is 174 Å². The Bertz CT molecular complexity index is 1120. The molecule has 0 unspecified atom stereocenters. The molecule has 0 aliphatic carbocycles. The third kappa shape index (κ3) is 4.50. The number of aromatic nitrogens is 4. The van der Waals surface area contributed by atoms with Crippen LogP contribution in [0.2, 0.25) is 0 Å². The molecule has 2 aromatic heterocycles. The summed E-state index contributed by atoms with van der Waals surface area (Å²) in [6.07, 6.45) is 0.764. The second-order valence-corrected chi connectivity index (χ2v) is 8.41. The third-order valence-electron chi connectivity index (χ3n) is 4.81. The normalized spacial score (nSPS) is 16.8. The molecule has 0 radical (unpaired) electrons. The first-order valence-electron chi connectivity index (χ1n) is 9.93. The van der Waals surface area contributed by atoms with Gasteiger partial charge in [0.2, 0.25) is 5.95 Å². The molecule has 0 saturated carbocycles. The Morgan fingerprint density at radius 1 is 1.37 bits per heavy atom. The van der Waals surface area contributed by atoms with Crippen LogP contribution in [0.3, 0.4) is 0 Å². The van der Waals surface area contributed by atoms with Crippen molar-refractivity contribution in [3.8, 4) is 11.8 Å². The Kier molecular flexibility index (Phi) is 5.92. The van der Waals surface area contributed by atoms with Crippen molar-refractivity contribution in [3.05, 3.63) is 20.8 Å². The maximum atomic E-state index is 12.5. The van der Waals surface area contributed by atoms with Crippen LogP contribution in [-0.4, -0.2) is 49.9 Å². The number of nitrogens with one attached hydrogen (secondary N) is 2. The van der Waals surface area contributed by atoms with Crippen molar-refractivity contribution in [1.82, 2.24) is 24.4 Å². The molecular formula is C20H28N6O4. The van der Waals surface area contributed by atoms with Gasteiger partial charge >= 0.3 is 11.8 Å². The highest BCUT2D eigenvalue weighted by Crippen LogP contribution is 2.24. The lowest BCUT2D eigenvalue weighted by atomic mass is 10.1. The summed E-state index contributed by atoms with van der Waals surface area (Å²) in [4.78, 5) is 45.6. The molecule has 2 N–H and O–H groups in total. The molecule has 10 heteroatoms. The van der Waals surface area contributed by atoms with E-state index >= 15 is 0 Å². The van der Waals surface area contributed by atoms with Crippen molar-refractivity contribution in [2.75, 3.05) is 18.0 Å². The molecule has 0 aromatic carbocycles. The quantitative estimate of drug-likeness (QED) is 0.720. The SMILES string of the molecule is CC#CCn1c(N2CCC[C@@H](OC(=O)NC(C)(C)C)C2)nc2c1c(=O)[nH]c(=O)n2C. The number of aryl methyl sites for hydroxylation is 1. The van der Waals surface area contributed by atoms with Gasteiger partial charge in [-0.3, -0.25) is 18.9 Å². The van der Waals surface area contributed by atoms with Gasteiger partial charge in [0.15, 0.2) is 11.2 Å². The lowest BCUT2D eigenvalue weighted by Crippen LogP contribution is -2.46. The van der Waals surface area contributed by atoms with Crippen LogP contribution >= 0.6 is 0 Å². The minimum atomic E-state index is -0.524. The van der Waals surface area contributed by atoms with Crippen molar-refractivity contribution in [3.63, 3.8) is 0 Å². The van der Waals surface area contributed by atoms with E-state index in [-0.39, 0.29) is 18.2 Å². The first-order chi connectivity index (χ1) is 14.1. The number of H-pyrrole nitrogens is 1. The fraction of sp³-hybridized carbons (Fsp3) is 0.600. The molecule has 1 atom stereocenters. The van der Waals surface area contributed by atoms with Crippen molar-refractivity contribution >= 4 is 23.2 Å². The molecule has 0 spiro atoms. The van der Waals surface area contributed by atoms with Gasteiger partial charge in [-0.15, -0.1) is 5.92 Å². The predicted molar refractivity (Wildman–Crippen MR) is 114 cm³/mol. The van der Waals surface area contributed by atoms with Gasteiger partial charge in [-0.05, 0) is 40.5 Å². The zero-order valence-electron chi connectivity index (χ0n) is 18.0. The van der Waals surface area contributed by atoms with E-state index in [4.69, 9.17) is 4.74 Å². The summed E-state index contributed by atoms with van der Waals surface area (Å²) in [6.45, 7) is 8.77. The Balaban J connectivity index is 1.95. The Hall–Kier alpha value is -3.22. The molecule has 162 valence electrons. The lowest BCUT2D eigenvalue weighted by Gasteiger charge is -2.33. The smallest absolute Gasteiger partial charge is 0.407 e. The Morgan fingerprint density at radius 2 is 2.10 bits per heavy atom. The molecule has 1 aliphatic heterocycles. The number of carbonyl (C=O) groups is 1. The number of nitrogens with zero attached hydrogens (tertiary/aromatic N) is 4. The van der Waals surface area contributed by atoms with Gasteiger partial charge in [-0.2, -0.15) is 4.98 Å². The van der Waals surface area contributed by atoms with Crippen LogP contribution in [-0.2, 0) is 18.3 Å². The van der Waals surface area contributed by atoms with E-state index in [9.17, 15) is 14.4 Å². The highest BCUT2D eigenvalue weighted by molar-refractivity contribution is 5.74. The molecular weight excluding hydrogens is 388 g/mol. The van der Waals surface area contributed by atoms with Gasteiger partial charge in [-0.25, -0.2) is 9.59 Å². The first kappa shape index (κ1) is 21.5. The average Bonchev–Trinajstić information content (AvgIpc) is 3.03. The van der Waals surface area contributed by atoms with E-state index < -0.39 is 17.3 Å². The van der Waals surface area contributed by atoms with Crippen LogP contribution < -0.4 is 21.5 Å². The topological polar surface area (TPSA) is 114 Å². The van der Waals surface area contributed by atoms with Crippen molar-refractivity contribution < 1.29 is 9.53 Å². The summed E-state index contributed by atoms with van der Waals surface area (Å²) in [5, 5.41) is 2.80. The van der Waals surface area contributed by atoms with Gasteiger partial charge in [-0.1, -0.05) is 5.92 Å². The maximum Gasteiger partial charge on any atom is 0.407 e. The predicted octanol–water partition coefficient (Wildman–Crippen LogP) is 0.940. The number of rotatable bonds is 3. The summed E-state index contributed by atoms with van der Waals surface area (Å²) in [5.74, 6) is 6.32. The van der Waals surface area contributed by atoms with Crippen LogP contribution in [0.5, 0.6) is 0 Å². The number of hydrogen-bond acceptors (Lipinski definition) is 6. The molecule has 1 aliphatic rings. The summed E-state index contributed by atoms with van der Waals surface area (Å²) >= 11 is 0. The number of amides is 1. The van der Waals surface area contributed by atoms with Crippen LogP contribution in [0.1, 0.15) is 40.5 Å². The van der Waals surface area contributed by atoms with Crippen LogP contribution in [0.4, 0.5) is 10.7 Å². The van der Waals surface area contributed by atoms with E-state index in [1.54, 1.807) is 18.5 Å². The first-order valence-corrected chi connectivity index (χ1v) is 9.93. The molecule has 3 rings (SSSR count). The van der Waals surface area contributed by atoms with E-state index in [1.807, 2.05) is 25.7 Å². The summed E-state index contributed by atoms with van der Waals surface area (Å²) < 4.78 is 8.62. The van der Waals surface area contributed by atoms with E-state index in [2.05, 4.69) is 27.1 Å². The Morgan fingerprint density at radius 3 is 2.77 bits per heavy atom. The van der Waals surface area contributed by atoms with Gasteiger partial charge in [0.05, 0.1) is 13.1 Å². The van der Waals surface area contributed by atoms with Gasteiger partial charge < -0.3 is 15.0 Å². The maximum absolute atomic E-state index is 12.5. The molecule has 1 fully saturated rings. The monoisotopic (exact) mass is 416 g/mol. The summed E-state index contributed by atoms with van der Waals surface area (Å²) in [6, 6.07) is 0. The van der Waals surface area contributed by atoms with Crippen LogP contribution in [0, 0.1) is 11.8 Å². The third-order valence-corrected chi connectivity index (χ3v) is 4.81. The number of ether oxygens (including phenoxy) is 1. The summed E-state index contributed by atoms with van der Waals surface area (Å²) in [7, 11) is 1.56.